The van der Waals surface area contributed by atoms with Crippen LogP contribution >= 0.6 is 11.8 Å². The number of hydrogen-bond donors (Lipinski definition) is 1. The van der Waals surface area contributed by atoms with Gasteiger partial charge in [-0.15, -0.1) is 13.2 Å². The summed E-state index contributed by atoms with van der Waals surface area (Å²) in [5.74, 6) is 0.237. The first-order valence-electron chi connectivity index (χ1n) is 10.3. The number of anilines is 1. The second-order valence-corrected chi connectivity index (χ2v) is 8.54. The van der Waals surface area contributed by atoms with Gasteiger partial charge in [-0.05, 0) is 24.1 Å². The zero-order valence-corrected chi connectivity index (χ0v) is 19.4. The largest absolute Gasteiger partial charge is 0.573 e. The smallest absolute Gasteiger partial charge is 0.448 e. The van der Waals surface area contributed by atoms with E-state index in [1.807, 2.05) is 6.92 Å². The third kappa shape index (κ3) is 4.85. The molecule has 0 saturated heterocycles. The Bertz CT molecular complexity index is 1200. The van der Waals surface area contributed by atoms with Gasteiger partial charge in [0.25, 0.3) is 5.91 Å². The van der Waals surface area contributed by atoms with Crippen molar-refractivity contribution in [3.63, 3.8) is 0 Å². The Morgan fingerprint density at radius 3 is 2.68 bits per heavy atom. The Hall–Kier alpha value is -3.19. The zero-order chi connectivity index (χ0) is 24.6. The molecule has 1 N–H and O–H groups in total. The molecule has 0 bridgehead atoms. The van der Waals surface area contributed by atoms with E-state index in [0.29, 0.717) is 22.4 Å². The second-order valence-electron chi connectivity index (χ2n) is 7.60. The predicted molar refractivity (Wildman–Crippen MR) is 116 cm³/mol. The van der Waals surface area contributed by atoms with E-state index in [4.69, 9.17) is 4.42 Å². The number of aliphatic hydroxyl groups excluding tert-OH is 1. The number of alkyl halides is 3. The van der Waals surface area contributed by atoms with Crippen molar-refractivity contribution in [1.82, 2.24) is 19.4 Å². The van der Waals surface area contributed by atoms with E-state index >= 15 is 0 Å². The zero-order valence-electron chi connectivity index (χ0n) is 18.5. The van der Waals surface area contributed by atoms with E-state index in [0.717, 1.165) is 17.0 Å². The highest BCUT2D eigenvalue weighted by Crippen LogP contribution is 2.34. The maximum absolute atomic E-state index is 13.0. The fourth-order valence-corrected chi connectivity index (χ4v) is 4.35. The summed E-state index contributed by atoms with van der Waals surface area (Å²) in [6, 6.07) is 5.52. The van der Waals surface area contributed by atoms with Gasteiger partial charge in [0, 0.05) is 14.1 Å². The first kappa shape index (κ1) is 24.0. The van der Waals surface area contributed by atoms with Crippen molar-refractivity contribution in [3.8, 4) is 5.75 Å². The molecule has 1 unspecified atom stereocenters. The van der Waals surface area contributed by atoms with Gasteiger partial charge in [0.1, 0.15) is 12.0 Å². The van der Waals surface area contributed by atoms with Crippen molar-refractivity contribution in [2.45, 2.75) is 43.5 Å². The van der Waals surface area contributed by atoms with Crippen LogP contribution in [0, 0.1) is 0 Å². The molecule has 0 spiro atoms. The number of oxazole rings is 1. The van der Waals surface area contributed by atoms with Crippen LogP contribution < -0.4 is 9.64 Å². The van der Waals surface area contributed by atoms with Gasteiger partial charge in [0.05, 0.1) is 18.0 Å². The summed E-state index contributed by atoms with van der Waals surface area (Å²) in [5.41, 5.74) is 1.48. The lowest BCUT2D eigenvalue weighted by molar-refractivity contribution is -0.274. The number of aryl methyl sites for hydroxylation is 1. The molecule has 1 aliphatic rings. The molecule has 1 aliphatic heterocycles. The predicted octanol–water partition coefficient (Wildman–Crippen LogP) is 3.47. The van der Waals surface area contributed by atoms with Crippen LogP contribution in [0.25, 0.3) is 0 Å². The number of nitrogens with zero attached hydrogens (tertiary/aromatic N) is 5. The van der Waals surface area contributed by atoms with Crippen LogP contribution in [0.4, 0.5) is 19.0 Å². The Labute approximate surface area is 197 Å². The number of thioether (sulfide) groups is 1. The number of carbonyl (C=O) groups excluding carboxylic acids is 1. The number of rotatable bonds is 7. The minimum absolute atomic E-state index is 0.0506. The van der Waals surface area contributed by atoms with Gasteiger partial charge in [-0.2, -0.15) is 0 Å². The summed E-state index contributed by atoms with van der Waals surface area (Å²) >= 11 is 1.26. The molecule has 1 atom stereocenters. The molecule has 182 valence electrons. The Morgan fingerprint density at radius 2 is 2.00 bits per heavy atom. The van der Waals surface area contributed by atoms with Crippen LogP contribution in [0.5, 0.6) is 5.75 Å². The second kappa shape index (κ2) is 9.22. The van der Waals surface area contributed by atoms with E-state index in [-0.39, 0.29) is 23.8 Å². The minimum atomic E-state index is -4.82. The van der Waals surface area contributed by atoms with E-state index in [2.05, 4.69) is 14.7 Å². The third-order valence-corrected chi connectivity index (χ3v) is 6.18. The standard InChI is InChI=1S/C21H22F3N5O4S/c1-4-13-10-32-15(25-13)11-34-19-26-17-16(18(30)28(3)20(31)27(17)2)29(19)9-12-6-5-7-14(8-12)33-21(22,23)24/h5-8,10,20,31H,4,9,11H2,1-3H3. The number of aliphatic hydroxyl groups is 1. The molecule has 4 rings (SSSR count). The number of amides is 1. The lowest BCUT2D eigenvalue weighted by Crippen LogP contribution is -2.52. The molecular formula is C21H22F3N5O4S. The molecule has 0 saturated carbocycles. The monoisotopic (exact) mass is 497 g/mol. The lowest BCUT2D eigenvalue weighted by Gasteiger charge is -2.36. The Balaban J connectivity index is 1.70. The van der Waals surface area contributed by atoms with Gasteiger partial charge in [-0.1, -0.05) is 30.8 Å². The lowest BCUT2D eigenvalue weighted by atomic mass is 10.2. The van der Waals surface area contributed by atoms with Crippen molar-refractivity contribution in [2.24, 2.45) is 0 Å². The number of fused-ring (bicyclic) bond motifs is 1. The summed E-state index contributed by atoms with van der Waals surface area (Å²) < 4.78 is 49.1. The first-order chi connectivity index (χ1) is 16.1. The Kier molecular flexibility index (Phi) is 6.49. The average Bonchev–Trinajstić information content (AvgIpc) is 3.38. The molecular weight excluding hydrogens is 475 g/mol. The molecule has 9 nitrogen and oxygen atoms in total. The fourth-order valence-electron chi connectivity index (χ4n) is 3.50. The average molecular weight is 497 g/mol. The van der Waals surface area contributed by atoms with Gasteiger partial charge in [-0.3, -0.25) is 9.69 Å². The summed E-state index contributed by atoms with van der Waals surface area (Å²) in [6.45, 7) is 2.00. The summed E-state index contributed by atoms with van der Waals surface area (Å²) in [6.07, 6.45) is -3.73. The number of imidazole rings is 1. The summed E-state index contributed by atoms with van der Waals surface area (Å²) in [7, 11) is 3.05. The molecule has 34 heavy (non-hydrogen) atoms. The maximum Gasteiger partial charge on any atom is 0.573 e. The third-order valence-electron chi connectivity index (χ3n) is 5.22. The van der Waals surface area contributed by atoms with Crippen LogP contribution in [-0.4, -0.2) is 57.3 Å². The fraction of sp³-hybridized carbons (Fsp3) is 0.381. The molecule has 3 heterocycles. The Morgan fingerprint density at radius 1 is 1.24 bits per heavy atom. The SMILES string of the molecule is CCc1coc(CSc2nc3c(n2Cc2cccc(OC(F)(F)F)c2)C(=O)N(C)C(O)N3C)n1. The molecule has 0 aliphatic carbocycles. The number of carbonyl (C=O) groups is 1. The number of hydrogen-bond acceptors (Lipinski definition) is 8. The van der Waals surface area contributed by atoms with Crippen molar-refractivity contribution < 1.29 is 32.2 Å². The van der Waals surface area contributed by atoms with Crippen LogP contribution in [0.1, 0.15) is 34.6 Å². The normalized spacial score (nSPS) is 16.2. The van der Waals surface area contributed by atoms with Crippen molar-refractivity contribution >= 4 is 23.5 Å². The van der Waals surface area contributed by atoms with Crippen LogP contribution in [-0.2, 0) is 18.7 Å². The highest BCUT2D eigenvalue weighted by Gasteiger charge is 2.38. The van der Waals surface area contributed by atoms with Gasteiger partial charge >= 0.3 is 6.36 Å². The van der Waals surface area contributed by atoms with Crippen LogP contribution in [0.2, 0.25) is 0 Å². The van der Waals surface area contributed by atoms with Gasteiger partial charge < -0.3 is 23.7 Å². The van der Waals surface area contributed by atoms with Crippen molar-refractivity contribution in [2.75, 3.05) is 19.0 Å². The summed E-state index contributed by atoms with van der Waals surface area (Å²) in [4.78, 5) is 24.5. The molecule has 3 aromatic rings. The quantitative estimate of drug-likeness (QED) is 0.496. The summed E-state index contributed by atoms with van der Waals surface area (Å²) in [5, 5.41) is 10.8. The molecule has 0 fully saturated rings. The molecule has 1 aromatic carbocycles. The highest BCUT2D eigenvalue weighted by molar-refractivity contribution is 7.98. The number of halogens is 3. The minimum Gasteiger partial charge on any atom is -0.448 e. The van der Waals surface area contributed by atoms with E-state index < -0.39 is 18.6 Å². The van der Waals surface area contributed by atoms with Gasteiger partial charge in [0.15, 0.2) is 16.7 Å². The highest BCUT2D eigenvalue weighted by atomic mass is 32.2. The van der Waals surface area contributed by atoms with Gasteiger partial charge in [-0.25, -0.2) is 9.97 Å². The number of aromatic nitrogens is 3. The number of ether oxygens (including phenoxy) is 1. The van der Waals surface area contributed by atoms with E-state index in [1.165, 1.54) is 41.9 Å². The van der Waals surface area contributed by atoms with E-state index in [1.54, 1.807) is 23.9 Å². The van der Waals surface area contributed by atoms with E-state index in [9.17, 15) is 23.1 Å². The molecule has 13 heteroatoms. The number of benzene rings is 1. The van der Waals surface area contributed by atoms with Gasteiger partial charge in [0.2, 0.25) is 12.2 Å². The topological polar surface area (TPSA) is 96.9 Å². The first-order valence-corrected chi connectivity index (χ1v) is 11.2. The maximum atomic E-state index is 13.0. The molecule has 0 radical (unpaired) electrons. The molecule has 1 amide bonds. The van der Waals surface area contributed by atoms with Crippen LogP contribution in [0.15, 0.2) is 40.1 Å². The van der Waals surface area contributed by atoms with Crippen LogP contribution in [0.3, 0.4) is 0 Å². The van der Waals surface area contributed by atoms with Crippen molar-refractivity contribution in [3.05, 3.63) is 53.4 Å². The molecule has 2 aromatic heterocycles. The van der Waals surface area contributed by atoms with Crippen molar-refractivity contribution in [1.29, 1.82) is 0 Å².